The van der Waals surface area contributed by atoms with Crippen molar-refractivity contribution in [3.05, 3.63) is 0 Å². The summed E-state index contributed by atoms with van der Waals surface area (Å²) in [6.45, 7) is 6.86. The number of carbonyl (C=O) groups excluding carboxylic acids is 2. The van der Waals surface area contributed by atoms with Crippen LogP contribution in [0.3, 0.4) is 0 Å². The Balaban J connectivity index is 3.70. The SMILES string of the molecule is CCCC(=O)OCC(=O)OC(C)(C)C. The second-order valence-corrected chi connectivity index (χ2v) is 4.00. The number of hydrogen-bond acceptors (Lipinski definition) is 4. The molecular formula is C10H18O4. The van der Waals surface area contributed by atoms with Crippen LogP contribution in [0.15, 0.2) is 0 Å². The van der Waals surface area contributed by atoms with Gasteiger partial charge in [0.2, 0.25) is 0 Å². The van der Waals surface area contributed by atoms with Gasteiger partial charge >= 0.3 is 11.9 Å². The van der Waals surface area contributed by atoms with Crippen LogP contribution in [-0.2, 0) is 19.1 Å². The third-order valence-corrected chi connectivity index (χ3v) is 1.23. The van der Waals surface area contributed by atoms with E-state index in [1.807, 2.05) is 6.92 Å². The number of hydrogen-bond donors (Lipinski definition) is 0. The Morgan fingerprint density at radius 3 is 2.14 bits per heavy atom. The van der Waals surface area contributed by atoms with Crippen molar-refractivity contribution in [2.45, 2.75) is 46.1 Å². The van der Waals surface area contributed by atoms with Crippen molar-refractivity contribution >= 4 is 11.9 Å². The lowest BCUT2D eigenvalue weighted by molar-refractivity contribution is -0.166. The van der Waals surface area contributed by atoms with E-state index in [0.29, 0.717) is 12.8 Å². The van der Waals surface area contributed by atoms with E-state index < -0.39 is 11.6 Å². The molecule has 0 atom stereocenters. The van der Waals surface area contributed by atoms with Gasteiger partial charge < -0.3 is 9.47 Å². The first kappa shape index (κ1) is 12.9. The molecule has 0 aliphatic rings. The van der Waals surface area contributed by atoms with Crippen molar-refractivity contribution in [3.63, 3.8) is 0 Å². The standard InChI is InChI=1S/C10H18O4/c1-5-6-8(11)13-7-9(12)14-10(2,3)4/h5-7H2,1-4H3. The molecule has 0 aromatic carbocycles. The van der Waals surface area contributed by atoms with Crippen LogP contribution in [0.4, 0.5) is 0 Å². The number of carbonyl (C=O) groups is 2. The largest absolute Gasteiger partial charge is 0.457 e. The molecule has 0 saturated heterocycles. The van der Waals surface area contributed by atoms with Gasteiger partial charge in [-0.3, -0.25) is 4.79 Å². The molecule has 0 amide bonds. The maximum Gasteiger partial charge on any atom is 0.344 e. The zero-order valence-corrected chi connectivity index (χ0v) is 9.25. The van der Waals surface area contributed by atoms with Crippen LogP contribution >= 0.6 is 0 Å². The van der Waals surface area contributed by atoms with Gasteiger partial charge in [0, 0.05) is 6.42 Å². The maximum atomic E-state index is 11.1. The average molecular weight is 202 g/mol. The lowest BCUT2D eigenvalue weighted by Gasteiger charge is -2.19. The lowest BCUT2D eigenvalue weighted by atomic mass is 10.2. The second kappa shape index (κ2) is 5.62. The number of ether oxygens (including phenoxy) is 2. The van der Waals surface area contributed by atoms with Crippen LogP contribution in [0.5, 0.6) is 0 Å². The zero-order chi connectivity index (χ0) is 11.2. The first-order valence-electron chi connectivity index (χ1n) is 4.72. The molecule has 0 aromatic rings. The minimum atomic E-state index is -0.533. The van der Waals surface area contributed by atoms with Gasteiger partial charge in [0.15, 0.2) is 6.61 Å². The van der Waals surface area contributed by atoms with Crippen molar-refractivity contribution in [1.29, 1.82) is 0 Å². The fraction of sp³-hybridized carbons (Fsp3) is 0.800. The quantitative estimate of drug-likeness (QED) is 0.651. The molecule has 0 aliphatic carbocycles. The normalized spacial score (nSPS) is 10.9. The second-order valence-electron chi connectivity index (χ2n) is 4.00. The summed E-state index contributed by atoms with van der Waals surface area (Å²) in [6.07, 6.45) is 1.05. The van der Waals surface area contributed by atoms with E-state index in [-0.39, 0.29) is 12.6 Å². The van der Waals surface area contributed by atoms with E-state index in [2.05, 4.69) is 4.74 Å². The van der Waals surface area contributed by atoms with Gasteiger partial charge in [-0.15, -0.1) is 0 Å². The number of rotatable bonds is 4. The fourth-order valence-electron chi connectivity index (χ4n) is 0.787. The van der Waals surface area contributed by atoms with Crippen molar-refractivity contribution in [1.82, 2.24) is 0 Å². The Labute approximate surface area is 84.6 Å². The third kappa shape index (κ3) is 7.58. The predicted molar refractivity (Wildman–Crippen MR) is 51.7 cm³/mol. The third-order valence-electron chi connectivity index (χ3n) is 1.23. The highest BCUT2D eigenvalue weighted by atomic mass is 16.6. The summed E-state index contributed by atoms with van der Waals surface area (Å²) in [7, 11) is 0. The van der Waals surface area contributed by atoms with E-state index in [9.17, 15) is 9.59 Å². The summed E-state index contributed by atoms with van der Waals surface area (Å²) in [5.74, 6) is -0.875. The van der Waals surface area contributed by atoms with Gasteiger partial charge in [0.1, 0.15) is 5.60 Å². The molecule has 0 aromatic heterocycles. The van der Waals surface area contributed by atoms with Gasteiger partial charge in [0.05, 0.1) is 0 Å². The molecule has 14 heavy (non-hydrogen) atoms. The highest BCUT2D eigenvalue weighted by Crippen LogP contribution is 2.06. The summed E-state index contributed by atoms with van der Waals surface area (Å²) in [6, 6.07) is 0. The fourth-order valence-corrected chi connectivity index (χ4v) is 0.787. The Bertz CT molecular complexity index is 203. The molecule has 0 spiro atoms. The van der Waals surface area contributed by atoms with Gasteiger partial charge in [-0.1, -0.05) is 6.92 Å². The summed E-state index contributed by atoms with van der Waals surface area (Å²) >= 11 is 0. The van der Waals surface area contributed by atoms with Crippen LogP contribution < -0.4 is 0 Å². The molecule has 0 radical (unpaired) electrons. The van der Waals surface area contributed by atoms with Crippen LogP contribution in [0, 0.1) is 0 Å². The minimum absolute atomic E-state index is 0.296. The first-order valence-corrected chi connectivity index (χ1v) is 4.72. The minimum Gasteiger partial charge on any atom is -0.457 e. The monoisotopic (exact) mass is 202 g/mol. The molecule has 4 heteroatoms. The molecule has 0 heterocycles. The molecule has 0 unspecified atom stereocenters. The van der Waals surface area contributed by atoms with E-state index in [1.165, 1.54) is 0 Å². The molecule has 4 nitrogen and oxygen atoms in total. The highest BCUT2D eigenvalue weighted by molar-refractivity contribution is 5.76. The van der Waals surface area contributed by atoms with Crippen molar-refractivity contribution in [2.24, 2.45) is 0 Å². The van der Waals surface area contributed by atoms with E-state index in [1.54, 1.807) is 20.8 Å². The topological polar surface area (TPSA) is 52.6 Å². The first-order chi connectivity index (χ1) is 6.35. The smallest absolute Gasteiger partial charge is 0.344 e. The van der Waals surface area contributed by atoms with Gasteiger partial charge in [-0.2, -0.15) is 0 Å². The van der Waals surface area contributed by atoms with Crippen LogP contribution in [0.2, 0.25) is 0 Å². The summed E-state index contributed by atoms with van der Waals surface area (Å²) < 4.78 is 9.63. The summed E-state index contributed by atoms with van der Waals surface area (Å²) in [5, 5.41) is 0. The Morgan fingerprint density at radius 2 is 1.71 bits per heavy atom. The van der Waals surface area contributed by atoms with E-state index in [4.69, 9.17) is 4.74 Å². The molecule has 0 rings (SSSR count). The lowest BCUT2D eigenvalue weighted by Crippen LogP contribution is -2.27. The number of esters is 2. The van der Waals surface area contributed by atoms with Crippen molar-refractivity contribution in [2.75, 3.05) is 6.61 Å². The molecule has 0 aliphatic heterocycles. The zero-order valence-electron chi connectivity index (χ0n) is 9.25. The predicted octanol–water partition coefficient (Wildman–Crippen LogP) is 1.67. The molecular weight excluding hydrogens is 184 g/mol. The average Bonchev–Trinajstić information content (AvgIpc) is 1.98. The van der Waals surface area contributed by atoms with Crippen LogP contribution in [-0.4, -0.2) is 24.1 Å². The highest BCUT2D eigenvalue weighted by Gasteiger charge is 2.17. The van der Waals surface area contributed by atoms with Gasteiger partial charge in [-0.25, -0.2) is 4.79 Å². The van der Waals surface area contributed by atoms with E-state index >= 15 is 0 Å². The van der Waals surface area contributed by atoms with Crippen molar-refractivity contribution in [3.8, 4) is 0 Å². The maximum absolute atomic E-state index is 11.1. The Morgan fingerprint density at radius 1 is 1.14 bits per heavy atom. The van der Waals surface area contributed by atoms with Crippen LogP contribution in [0.1, 0.15) is 40.5 Å². The van der Waals surface area contributed by atoms with Gasteiger partial charge in [-0.05, 0) is 27.2 Å². The summed E-state index contributed by atoms with van der Waals surface area (Å²) in [5.41, 5.74) is -0.533. The molecule has 0 bridgehead atoms. The van der Waals surface area contributed by atoms with E-state index in [0.717, 1.165) is 0 Å². The Kier molecular flexibility index (Phi) is 5.20. The van der Waals surface area contributed by atoms with Gasteiger partial charge in [0.25, 0.3) is 0 Å². The molecule has 0 saturated carbocycles. The molecule has 0 fully saturated rings. The van der Waals surface area contributed by atoms with Crippen molar-refractivity contribution < 1.29 is 19.1 Å². The summed E-state index contributed by atoms with van der Waals surface area (Å²) in [4.78, 5) is 22.0. The molecule has 0 N–H and O–H groups in total. The molecule has 82 valence electrons. The van der Waals surface area contributed by atoms with Crippen LogP contribution in [0.25, 0.3) is 0 Å². The Hall–Kier alpha value is -1.06.